The Morgan fingerprint density at radius 1 is 0.277 bits per heavy atom. The summed E-state index contributed by atoms with van der Waals surface area (Å²) in [6, 6.07) is 80.0. The highest BCUT2D eigenvalue weighted by Gasteiger charge is 2.53. The highest BCUT2D eigenvalue weighted by molar-refractivity contribution is 5.98. The molecule has 65 heavy (non-hydrogen) atoms. The lowest BCUT2D eigenvalue weighted by Crippen LogP contribution is -2.25. The maximum Gasteiger partial charge on any atom is 0.133 e. The second-order valence-corrected chi connectivity index (χ2v) is 18.3. The highest BCUT2D eigenvalue weighted by Crippen LogP contribution is 2.65. The van der Waals surface area contributed by atoms with Crippen LogP contribution in [0.3, 0.4) is 0 Å². The molecular formula is C63H38O2. The van der Waals surface area contributed by atoms with Crippen molar-refractivity contribution < 1.29 is 9.84 Å². The lowest BCUT2D eigenvalue weighted by Gasteiger charge is -2.30. The van der Waals surface area contributed by atoms with E-state index in [-0.39, 0.29) is 10.8 Å². The van der Waals surface area contributed by atoms with E-state index in [0.717, 1.165) is 33.4 Å². The summed E-state index contributed by atoms with van der Waals surface area (Å²) in [5.41, 5.74) is 26.0. The topological polar surface area (TPSA) is 29.5 Å². The molecule has 4 aliphatic carbocycles. The molecule has 1 N–H and O–H groups in total. The minimum atomic E-state index is -0.858. The van der Waals surface area contributed by atoms with Gasteiger partial charge in [0.05, 0.1) is 10.8 Å². The summed E-state index contributed by atoms with van der Waals surface area (Å²) in [5.74, 6) is 1.37. The fraction of sp³-hybridized carbons (Fsp3) is 0.0476. The summed E-state index contributed by atoms with van der Waals surface area (Å²) in [6.07, 6.45) is -0.858. The lowest BCUT2D eigenvalue weighted by molar-refractivity contribution is 0.203. The standard InChI is InChI=1S/C63H38O2/c64-61-49-35-39(37-25-29-57-47(33-37)45-17-5-11-23-55(45)62(57)51-19-7-1-13-41(51)42-14-2-8-20-52(42)62)27-31-59(49)65-60-32-28-40(36-50(60)61)38-26-30-58-48(34-38)46-18-6-12-24-56(46)63(58)53-21-9-3-15-43(53)44-16-4-10-22-54(44)63/h1-36,61,64H. The zero-order chi connectivity index (χ0) is 42.6. The Balaban J connectivity index is 0.816. The lowest BCUT2D eigenvalue weighted by atomic mass is 9.70. The van der Waals surface area contributed by atoms with Crippen molar-refractivity contribution in [2.45, 2.75) is 16.9 Å². The molecule has 10 aromatic carbocycles. The van der Waals surface area contributed by atoms with Gasteiger partial charge in [-0.3, -0.25) is 0 Å². The van der Waals surface area contributed by atoms with E-state index < -0.39 is 6.10 Å². The maximum atomic E-state index is 12.3. The van der Waals surface area contributed by atoms with Gasteiger partial charge < -0.3 is 9.84 Å². The summed E-state index contributed by atoms with van der Waals surface area (Å²) in [4.78, 5) is 0. The number of aliphatic hydroxyl groups is 1. The molecule has 0 bridgehead atoms. The molecule has 10 aromatic rings. The van der Waals surface area contributed by atoms with Gasteiger partial charge in [-0.15, -0.1) is 0 Å². The molecule has 2 spiro atoms. The molecule has 0 fully saturated rings. The summed E-state index contributed by atoms with van der Waals surface area (Å²) in [6.45, 7) is 0. The van der Waals surface area contributed by atoms with Crippen molar-refractivity contribution in [2.24, 2.45) is 0 Å². The molecule has 0 aromatic heterocycles. The molecule has 2 nitrogen and oxygen atoms in total. The minimum Gasteiger partial charge on any atom is -0.457 e. The van der Waals surface area contributed by atoms with Gasteiger partial charge in [-0.2, -0.15) is 0 Å². The SMILES string of the molecule is OC1c2cc(-c3ccc4c(c3)-c3ccccc3C43c4ccccc4-c4ccccc43)ccc2Oc2ccc(-c3ccc4c(c3)-c3ccccc3C43c4ccccc4-c4ccccc43)cc21. The summed E-state index contributed by atoms with van der Waals surface area (Å²) in [7, 11) is 0. The van der Waals surface area contributed by atoms with Gasteiger partial charge in [-0.1, -0.05) is 182 Å². The number of aliphatic hydroxyl groups excluding tert-OH is 1. The predicted molar refractivity (Wildman–Crippen MR) is 260 cm³/mol. The molecule has 15 rings (SSSR count). The molecule has 0 amide bonds. The number of benzene rings is 10. The van der Waals surface area contributed by atoms with Crippen molar-refractivity contribution in [1.82, 2.24) is 0 Å². The van der Waals surface area contributed by atoms with Gasteiger partial charge in [0, 0.05) is 11.1 Å². The van der Waals surface area contributed by atoms with Crippen LogP contribution in [0, 0.1) is 0 Å². The summed E-state index contributed by atoms with van der Waals surface area (Å²) >= 11 is 0. The zero-order valence-corrected chi connectivity index (χ0v) is 35.2. The Morgan fingerprint density at radius 3 is 0.877 bits per heavy atom. The first-order valence-electron chi connectivity index (χ1n) is 22.7. The fourth-order valence-electron chi connectivity index (χ4n) is 12.9. The molecule has 5 aliphatic rings. The van der Waals surface area contributed by atoms with Crippen molar-refractivity contribution in [2.75, 3.05) is 0 Å². The van der Waals surface area contributed by atoms with E-state index in [1.165, 1.54) is 89.0 Å². The van der Waals surface area contributed by atoms with Gasteiger partial charge >= 0.3 is 0 Å². The normalized spacial score (nSPS) is 15.2. The average Bonchev–Trinajstić information content (AvgIpc) is 4.05. The van der Waals surface area contributed by atoms with Crippen LogP contribution in [0.15, 0.2) is 218 Å². The van der Waals surface area contributed by atoms with Crippen LogP contribution in [0.25, 0.3) is 66.8 Å². The monoisotopic (exact) mass is 826 g/mol. The summed E-state index contributed by atoms with van der Waals surface area (Å²) in [5, 5.41) is 12.3. The van der Waals surface area contributed by atoms with Crippen LogP contribution in [0.5, 0.6) is 11.5 Å². The Bertz CT molecular complexity index is 3400. The first kappa shape index (κ1) is 35.4. The Hall–Kier alpha value is -8.04. The van der Waals surface area contributed by atoms with E-state index in [9.17, 15) is 5.11 Å². The van der Waals surface area contributed by atoms with Crippen molar-refractivity contribution >= 4 is 0 Å². The molecule has 1 aliphatic heterocycles. The van der Waals surface area contributed by atoms with Crippen LogP contribution in [0.1, 0.15) is 61.7 Å². The smallest absolute Gasteiger partial charge is 0.133 e. The maximum absolute atomic E-state index is 12.3. The number of rotatable bonds is 2. The number of ether oxygens (including phenoxy) is 1. The number of hydrogen-bond acceptors (Lipinski definition) is 2. The van der Waals surface area contributed by atoms with Gasteiger partial charge in [0.2, 0.25) is 0 Å². The first-order chi connectivity index (χ1) is 32.1. The second kappa shape index (κ2) is 12.6. The van der Waals surface area contributed by atoms with Crippen molar-refractivity contribution in [3.8, 4) is 78.3 Å². The largest absolute Gasteiger partial charge is 0.457 e. The van der Waals surface area contributed by atoms with Gasteiger partial charge in [-0.25, -0.2) is 0 Å². The van der Waals surface area contributed by atoms with E-state index in [1.54, 1.807) is 0 Å². The van der Waals surface area contributed by atoms with Crippen molar-refractivity contribution in [3.05, 3.63) is 274 Å². The van der Waals surface area contributed by atoms with Crippen LogP contribution in [-0.2, 0) is 10.8 Å². The third-order valence-corrected chi connectivity index (χ3v) is 15.5. The van der Waals surface area contributed by atoms with Crippen molar-refractivity contribution in [3.63, 3.8) is 0 Å². The van der Waals surface area contributed by atoms with Gasteiger partial charge in [0.15, 0.2) is 0 Å². The zero-order valence-electron chi connectivity index (χ0n) is 35.2. The fourth-order valence-corrected chi connectivity index (χ4v) is 12.9. The molecule has 0 radical (unpaired) electrons. The van der Waals surface area contributed by atoms with E-state index in [0.29, 0.717) is 11.5 Å². The molecule has 302 valence electrons. The first-order valence-corrected chi connectivity index (χ1v) is 22.7. The molecule has 1 heterocycles. The Morgan fingerprint density at radius 2 is 0.538 bits per heavy atom. The average molecular weight is 827 g/mol. The van der Waals surface area contributed by atoms with E-state index in [4.69, 9.17) is 4.74 Å². The highest BCUT2D eigenvalue weighted by atomic mass is 16.5. The minimum absolute atomic E-state index is 0.379. The Labute approximate surface area is 377 Å². The molecular weight excluding hydrogens is 789 g/mol. The van der Waals surface area contributed by atoms with Gasteiger partial charge in [-0.05, 0) is 148 Å². The van der Waals surface area contributed by atoms with Crippen LogP contribution < -0.4 is 4.74 Å². The predicted octanol–water partition coefficient (Wildman–Crippen LogP) is 14.9. The third kappa shape index (κ3) is 4.33. The summed E-state index contributed by atoms with van der Waals surface area (Å²) < 4.78 is 6.57. The molecule has 0 saturated carbocycles. The third-order valence-electron chi connectivity index (χ3n) is 15.5. The van der Waals surface area contributed by atoms with E-state index in [2.05, 4.69) is 206 Å². The van der Waals surface area contributed by atoms with E-state index in [1.807, 2.05) is 12.1 Å². The molecule has 2 heteroatoms. The number of fused-ring (bicyclic) bond motifs is 22. The molecule has 0 saturated heterocycles. The van der Waals surface area contributed by atoms with Gasteiger partial charge in [0.1, 0.15) is 17.6 Å². The number of hydrogen-bond donors (Lipinski definition) is 1. The van der Waals surface area contributed by atoms with E-state index >= 15 is 0 Å². The molecule has 0 atom stereocenters. The van der Waals surface area contributed by atoms with Gasteiger partial charge in [0.25, 0.3) is 0 Å². The Kier molecular flexibility index (Phi) is 6.85. The second-order valence-electron chi connectivity index (χ2n) is 18.3. The van der Waals surface area contributed by atoms with Crippen LogP contribution >= 0.6 is 0 Å². The van der Waals surface area contributed by atoms with Crippen LogP contribution in [0.4, 0.5) is 0 Å². The van der Waals surface area contributed by atoms with Crippen molar-refractivity contribution in [1.29, 1.82) is 0 Å². The van der Waals surface area contributed by atoms with Crippen LogP contribution in [0.2, 0.25) is 0 Å². The molecule has 0 unspecified atom stereocenters. The van der Waals surface area contributed by atoms with Crippen LogP contribution in [-0.4, -0.2) is 5.11 Å². The quantitative estimate of drug-likeness (QED) is 0.188.